The Bertz CT molecular complexity index is 1070. The van der Waals surface area contributed by atoms with Crippen molar-refractivity contribution >= 4 is 50.9 Å². The second-order valence-corrected chi connectivity index (χ2v) is 11.2. The molecule has 2 amide bonds. The largest absolute Gasteiger partial charge is 0.378 e. The monoisotopic (exact) mass is 525 g/mol. The average molecular weight is 526 g/mol. The summed E-state index contributed by atoms with van der Waals surface area (Å²) in [6.07, 6.45) is 1.78. The normalized spacial score (nSPS) is 14.0. The number of halogens is 1. The van der Waals surface area contributed by atoms with Gasteiger partial charge in [-0.1, -0.05) is 11.6 Å². The van der Waals surface area contributed by atoms with E-state index in [2.05, 4.69) is 5.32 Å². The van der Waals surface area contributed by atoms with Gasteiger partial charge in [-0.2, -0.15) is 0 Å². The molecule has 0 atom stereocenters. The van der Waals surface area contributed by atoms with Gasteiger partial charge in [-0.15, -0.1) is 11.8 Å². The van der Waals surface area contributed by atoms with Crippen LogP contribution >= 0.6 is 23.4 Å². The third-order valence-corrected chi connectivity index (χ3v) is 7.60. The fourth-order valence-electron chi connectivity index (χ4n) is 3.33. The third kappa shape index (κ3) is 7.90. The number of nitrogens with zero attached hydrogens (tertiary/aromatic N) is 2. The number of ether oxygens (including phenoxy) is 1. The van der Waals surface area contributed by atoms with Gasteiger partial charge < -0.3 is 15.0 Å². The number of anilines is 1. The lowest BCUT2D eigenvalue weighted by Gasteiger charge is -2.27. The Morgan fingerprint density at radius 1 is 1.09 bits per heavy atom. The molecule has 2 aromatic carbocycles. The first-order valence-corrected chi connectivity index (χ1v) is 14.0. The number of amides is 2. The first-order chi connectivity index (χ1) is 16.2. The molecule has 0 unspecified atom stereocenters. The fraction of sp³-hybridized carbons (Fsp3) is 0.391. The Labute approximate surface area is 209 Å². The molecule has 11 heteroatoms. The van der Waals surface area contributed by atoms with Gasteiger partial charge in [0.25, 0.3) is 5.91 Å². The second-order valence-electron chi connectivity index (χ2n) is 7.73. The van der Waals surface area contributed by atoms with Crippen LogP contribution in [0.5, 0.6) is 0 Å². The average Bonchev–Trinajstić information content (AvgIpc) is 2.83. The van der Waals surface area contributed by atoms with Crippen molar-refractivity contribution in [3.63, 3.8) is 0 Å². The van der Waals surface area contributed by atoms with Crippen molar-refractivity contribution in [2.24, 2.45) is 0 Å². The predicted molar refractivity (Wildman–Crippen MR) is 135 cm³/mol. The molecule has 0 radical (unpaired) electrons. The number of hydrogen-bond acceptors (Lipinski definition) is 6. The van der Waals surface area contributed by atoms with Crippen LogP contribution in [-0.2, 0) is 19.6 Å². The van der Waals surface area contributed by atoms with Gasteiger partial charge in [0.2, 0.25) is 15.9 Å². The summed E-state index contributed by atoms with van der Waals surface area (Å²) >= 11 is 7.53. The Morgan fingerprint density at radius 3 is 2.35 bits per heavy atom. The van der Waals surface area contributed by atoms with Crippen molar-refractivity contribution < 1.29 is 22.7 Å². The summed E-state index contributed by atoms with van der Waals surface area (Å²) in [5.41, 5.74) is 0.788. The van der Waals surface area contributed by atoms with E-state index in [1.54, 1.807) is 40.9 Å². The predicted octanol–water partition coefficient (Wildman–Crippen LogP) is 2.88. The molecule has 2 aromatic rings. The molecule has 8 nitrogen and oxygen atoms in total. The van der Waals surface area contributed by atoms with Crippen molar-refractivity contribution in [2.75, 3.05) is 55.7 Å². The Hall–Kier alpha value is -2.27. The van der Waals surface area contributed by atoms with E-state index < -0.39 is 15.9 Å². The molecule has 1 aliphatic rings. The molecule has 0 spiro atoms. The van der Waals surface area contributed by atoms with Gasteiger partial charge in [0.15, 0.2) is 0 Å². The Kier molecular flexibility index (Phi) is 9.63. The maximum Gasteiger partial charge on any atom is 0.254 e. The van der Waals surface area contributed by atoms with Crippen LogP contribution in [0.15, 0.2) is 53.4 Å². The van der Waals surface area contributed by atoms with Crippen molar-refractivity contribution in [2.45, 2.75) is 11.3 Å². The van der Waals surface area contributed by atoms with Gasteiger partial charge in [0, 0.05) is 35.1 Å². The first-order valence-electron chi connectivity index (χ1n) is 10.8. The Morgan fingerprint density at radius 2 is 1.74 bits per heavy atom. The molecule has 1 aliphatic heterocycles. The summed E-state index contributed by atoms with van der Waals surface area (Å²) < 4.78 is 31.0. The maximum atomic E-state index is 12.6. The van der Waals surface area contributed by atoms with Gasteiger partial charge in [-0.05, 0) is 60.7 Å². The van der Waals surface area contributed by atoms with Crippen LogP contribution in [0, 0.1) is 0 Å². The van der Waals surface area contributed by atoms with Crippen LogP contribution in [0.3, 0.4) is 0 Å². The zero-order chi connectivity index (χ0) is 24.6. The van der Waals surface area contributed by atoms with Crippen LogP contribution in [0.4, 0.5) is 5.69 Å². The quantitative estimate of drug-likeness (QED) is 0.378. The molecule has 1 heterocycles. The maximum absolute atomic E-state index is 12.6. The summed E-state index contributed by atoms with van der Waals surface area (Å²) in [5.74, 6) is 0.279. The summed E-state index contributed by atoms with van der Waals surface area (Å²) in [5, 5.41) is 3.46. The van der Waals surface area contributed by atoms with Crippen molar-refractivity contribution in [3.8, 4) is 0 Å². The van der Waals surface area contributed by atoms with Crippen LogP contribution < -0.4 is 9.62 Å². The van der Waals surface area contributed by atoms with E-state index in [9.17, 15) is 18.0 Å². The number of nitrogens with one attached hydrogen (secondary N) is 1. The highest BCUT2D eigenvalue weighted by Gasteiger charge is 2.22. The molecule has 1 N–H and O–H groups in total. The lowest BCUT2D eigenvalue weighted by molar-refractivity contribution is -0.119. The highest BCUT2D eigenvalue weighted by atomic mass is 35.5. The van der Waals surface area contributed by atoms with E-state index in [1.165, 1.54) is 0 Å². The van der Waals surface area contributed by atoms with Crippen LogP contribution in [0.1, 0.15) is 16.8 Å². The molecule has 0 saturated carbocycles. The number of thioether (sulfide) groups is 1. The fourth-order valence-corrected chi connectivity index (χ4v) is 5.16. The Balaban J connectivity index is 1.51. The van der Waals surface area contributed by atoms with E-state index in [0.29, 0.717) is 49.1 Å². The van der Waals surface area contributed by atoms with Gasteiger partial charge in [-0.25, -0.2) is 8.42 Å². The van der Waals surface area contributed by atoms with Crippen LogP contribution in [0.2, 0.25) is 5.02 Å². The van der Waals surface area contributed by atoms with Gasteiger partial charge in [0.05, 0.1) is 25.2 Å². The number of sulfonamides is 1. The molecule has 0 aliphatic carbocycles. The number of carbonyl (C=O) groups excluding carboxylic acids is 2. The van der Waals surface area contributed by atoms with E-state index in [4.69, 9.17) is 16.3 Å². The van der Waals surface area contributed by atoms with Crippen LogP contribution in [0.25, 0.3) is 0 Å². The minimum Gasteiger partial charge on any atom is -0.378 e. The summed E-state index contributed by atoms with van der Waals surface area (Å²) in [7, 11) is -3.70. The molecular formula is C23H28ClN3O5S2. The number of morpholine rings is 1. The van der Waals surface area contributed by atoms with E-state index >= 15 is 0 Å². The third-order valence-electron chi connectivity index (χ3n) is 5.11. The summed E-state index contributed by atoms with van der Waals surface area (Å²) in [6, 6.07) is 13.8. The lowest BCUT2D eigenvalue weighted by Crippen LogP contribution is -2.41. The lowest BCUT2D eigenvalue weighted by atomic mass is 10.1. The molecule has 184 valence electrons. The SMILES string of the molecule is CS(=O)(=O)N(CC(=O)NCCCSc1ccc(Cl)cc1)c1ccc(C(=O)N2CCOCC2)cc1. The van der Waals surface area contributed by atoms with Crippen LogP contribution in [-0.4, -0.2) is 76.5 Å². The molecule has 3 rings (SSSR count). The highest BCUT2D eigenvalue weighted by Crippen LogP contribution is 2.21. The minimum atomic E-state index is -3.70. The minimum absolute atomic E-state index is 0.130. The number of benzene rings is 2. The van der Waals surface area contributed by atoms with E-state index in [1.807, 2.05) is 24.3 Å². The van der Waals surface area contributed by atoms with Gasteiger partial charge in [-0.3, -0.25) is 13.9 Å². The smallest absolute Gasteiger partial charge is 0.254 e. The molecule has 1 saturated heterocycles. The molecule has 0 aromatic heterocycles. The van der Waals surface area contributed by atoms with Crippen molar-refractivity contribution in [1.29, 1.82) is 0 Å². The number of carbonyl (C=O) groups is 2. The van der Waals surface area contributed by atoms with Crippen molar-refractivity contribution in [3.05, 3.63) is 59.1 Å². The first kappa shape index (κ1) is 26.3. The van der Waals surface area contributed by atoms with Gasteiger partial charge >= 0.3 is 0 Å². The van der Waals surface area contributed by atoms with Gasteiger partial charge in [0.1, 0.15) is 6.54 Å². The zero-order valence-electron chi connectivity index (χ0n) is 18.9. The number of hydrogen-bond donors (Lipinski definition) is 1. The molecule has 0 bridgehead atoms. The molecule has 34 heavy (non-hydrogen) atoms. The second kappa shape index (κ2) is 12.4. The van der Waals surface area contributed by atoms with Crippen molar-refractivity contribution in [1.82, 2.24) is 10.2 Å². The van der Waals surface area contributed by atoms with E-state index in [-0.39, 0.29) is 12.5 Å². The number of rotatable bonds is 10. The summed E-state index contributed by atoms with van der Waals surface area (Å²) in [4.78, 5) is 27.8. The molecular weight excluding hydrogens is 498 g/mol. The topological polar surface area (TPSA) is 96.0 Å². The zero-order valence-corrected chi connectivity index (χ0v) is 21.3. The summed E-state index contributed by atoms with van der Waals surface area (Å²) in [6.45, 7) is 2.15. The standard InChI is InChI=1S/C23H28ClN3O5S2/c1-34(30,31)27(17-22(28)25-11-2-16-33-21-9-5-19(24)6-10-21)20-7-3-18(4-8-20)23(29)26-12-14-32-15-13-26/h3-10H,2,11-17H2,1H3,(H,25,28). The van der Waals surface area contributed by atoms with E-state index in [0.717, 1.165) is 27.6 Å². The highest BCUT2D eigenvalue weighted by molar-refractivity contribution is 7.99. The molecule has 1 fully saturated rings.